The van der Waals surface area contributed by atoms with Crippen LogP contribution < -0.4 is 14.8 Å². The number of hydrogen-bond donors (Lipinski definition) is 1. The van der Waals surface area contributed by atoms with Crippen molar-refractivity contribution in [1.29, 1.82) is 0 Å². The standard InChI is InChI=1S/C22H21NO3/c24-22(11-9-16-8-10-20-21(14-16)26-15-25-20)23-13-12-18-6-3-5-17-4-1-2-7-19(17)18/h1-8,10,14H,9,11-13,15H2,(H,23,24). The zero-order chi connectivity index (χ0) is 17.8. The maximum atomic E-state index is 12.1. The van der Waals surface area contributed by atoms with Gasteiger partial charge >= 0.3 is 0 Å². The van der Waals surface area contributed by atoms with Gasteiger partial charge in [-0.1, -0.05) is 48.5 Å². The van der Waals surface area contributed by atoms with Crippen LogP contribution in [-0.2, 0) is 17.6 Å². The van der Waals surface area contributed by atoms with E-state index in [1.54, 1.807) is 0 Å². The second kappa shape index (κ2) is 7.48. The fourth-order valence-corrected chi connectivity index (χ4v) is 3.29. The van der Waals surface area contributed by atoms with E-state index in [0.29, 0.717) is 19.4 Å². The number of ether oxygens (including phenoxy) is 2. The van der Waals surface area contributed by atoms with E-state index in [1.807, 2.05) is 24.3 Å². The van der Waals surface area contributed by atoms with Crippen LogP contribution in [-0.4, -0.2) is 19.2 Å². The van der Waals surface area contributed by atoms with Crippen molar-refractivity contribution >= 4 is 16.7 Å². The third kappa shape index (κ3) is 3.64. The van der Waals surface area contributed by atoms with Crippen molar-refractivity contribution in [1.82, 2.24) is 5.32 Å². The van der Waals surface area contributed by atoms with Crippen LogP contribution in [0.5, 0.6) is 11.5 Å². The number of fused-ring (bicyclic) bond motifs is 2. The number of hydrogen-bond acceptors (Lipinski definition) is 3. The molecule has 0 bridgehead atoms. The van der Waals surface area contributed by atoms with Gasteiger partial charge in [0.25, 0.3) is 0 Å². The Morgan fingerprint density at radius 2 is 1.77 bits per heavy atom. The predicted molar refractivity (Wildman–Crippen MR) is 102 cm³/mol. The van der Waals surface area contributed by atoms with Gasteiger partial charge in [0.15, 0.2) is 11.5 Å². The smallest absolute Gasteiger partial charge is 0.231 e. The molecule has 1 amide bonds. The molecule has 0 saturated heterocycles. The van der Waals surface area contributed by atoms with Crippen molar-refractivity contribution in [3.8, 4) is 11.5 Å². The Morgan fingerprint density at radius 3 is 2.73 bits per heavy atom. The molecule has 1 N–H and O–H groups in total. The second-order valence-electron chi connectivity index (χ2n) is 6.43. The molecule has 132 valence electrons. The van der Waals surface area contributed by atoms with Crippen molar-refractivity contribution in [2.45, 2.75) is 19.3 Å². The molecule has 4 heteroatoms. The Kier molecular flexibility index (Phi) is 4.73. The van der Waals surface area contributed by atoms with Gasteiger partial charge in [-0.3, -0.25) is 4.79 Å². The molecule has 1 aliphatic rings. The first-order valence-corrected chi connectivity index (χ1v) is 8.91. The molecule has 4 nitrogen and oxygen atoms in total. The van der Waals surface area contributed by atoms with Gasteiger partial charge in [-0.05, 0) is 46.9 Å². The summed E-state index contributed by atoms with van der Waals surface area (Å²) in [6.07, 6.45) is 1.99. The number of aryl methyl sites for hydroxylation is 1. The van der Waals surface area contributed by atoms with Gasteiger partial charge in [0, 0.05) is 13.0 Å². The molecule has 3 aromatic rings. The Morgan fingerprint density at radius 1 is 0.923 bits per heavy atom. The molecular formula is C22H21NO3. The Hall–Kier alpha value is -3.01. The number of benzene rings is 3. The Balaban J connectivity index is 1.27. The largest absolute Gasteiger partial charge is 0.454 e. The van der Waals surface area contributed by atoms with Crippen LogP contribution in [0.25, 0.3) is 10.8 Å². The van der Waals surface area contributed by atoms with Crippen LogP contribution in [0.4, 0.5) is 0 Å². The summed E-state index contributed by atoms with van der Waals surface area (Å²) in [5.74, 6) is 1.61. The minimum atomic E-state index is 0.0721. The van der Waals surface area contributed by atoms with Crippen molar-refractivity contribution in [3.63, 3.8) is 0 Å². The van der Waals surface area contributed by atoms with E-state index in [2.05, 4.69) is 41.7 Å². The average molecular weight is 347 g/mol. The van der Waals surface area contributed by atoms with Gasteiger partial charge in [-0.15, -0.1) is 0 Å². The van der Waals surface area contributed by atoms with Gasteiger partial charge in [0.05, 0.1) is 0 Å². The molecule has 3 aromatic carbocycles. The highest BCUT2D eigenvalue weighted by molar-refractivity contribution is 5.85. The number of carbonyl (C=O) groups excluding carboxylic acids is 1. The lowest BCUT2D eigenvalue weighted by molar-refractivity contribution is -0.121. The maximum absolute atomic E-state index is 12.1. The van der Waals surface area contributed by atoms with Crippen molar-refractivity contribution in [3.05, 3.63) is 71.8 Å². The third-order valence-corrected chi connectivity index (χ3v) is 4.67. The first kappa shape index (κ1) is 16.5. The number of nitrogens with one attached hydrogen (secondary N) is 1. The molecule has 26 heavy (non-hydrogen) atoms. The van der Waals surface area contributed by atoms with E-state index in [0.717, 1.165) is 23.5 Å². The summed E-state index contributed by atoms with van der Waals surface area (Å²) in [5, 5.41) is 5.51. The zero-order valence-corrected chi connectivity index (χ0v) is 14.5. The molecular weight excluding hydrogens is 326 g/mol. The summed E-state index contributed by atoms with van der Waals surface area (Å²) in [6.45, 7) is 0.918. The highest BCUT2D eigenvalue weighted by atomic mass is 16.7. The Labute approximate surface area is 152 Å². The van der Waals surface area contributed by atoms with E-state index in [1.165, 1.54) is 16.3 Å². The molecule has 0 radical (unpaired) electrons. The lowest BCUT2D eigenvalue weighted by Gasteiger charge is -2.08. The maximum Gasteiger partial charge on any atom is 0.231 e. The minimum Gasteiger partial charge on any atom is -0.454 e. The van der Waals surface area contributed by atoms with E-state index < -0.39 is 0 Å². The fourth-order valence-electron chi connectivity index (χ4n) is 3.29. The average Bonchev–Trinajstić information content (AvgIpc) is 3.14. The van der Waals surface area contributed by atoms with Crippen LogP contribution in [0, 0.1) is 0 Å². The van der Waals surface area contributed by atoms with Gasteiger partial charge in [-0.25, -0.2) is 0 Å². The fraction of sp³-hybridized carbons (Fsp3) is 0.227. The van der Waals surface area contributed by atoms with Gasteiger partial charge in [0.2, 0.25) is 12.7 Å². The third-order valence-electron chi connectivity index (χ3n) is 4.67. The normalized spacial score (nSPS) is 12.3. The summed E-state index contributed by atoms with van der Waals surface area (Å²) in [7, 11) is 0. The predicted octanol–water partition coefficient (Wildman–Crippen LogP) is 3.86. The van der Waals surface area contributed by atoms with E-state index in [9.17, 15) is 4.79 Å². The van der Waals surface area contributed by atoms with Crippen molar-refractivity contribution in [2.75, 3.05) is 13.3 Å². The molecule has 0 spiro atoms. The van der Waals surface area contributed by atoms with Crippen LogP contribution in [0.3, 0.4) is 0 Å². The number of carbonyl (C=O) groups is 1. The van der Waals surface area contributed by atoms with Crippen molar-refractivity contribution in [2.24, 2.45) is 0 Å². The molecule has 1 heterocycles. The first-order valence-electron chi connectivity index (χ1n) is 8.91. The summed E-state index contributed by atoms with van der Waals surface area (Å²) in [6, 6.07) is 20.5. The van der Waals surface area contributed by atoms with Gasteiger partial charge in [0.1, 0.15) is 0 Å². The van der Waals surface area contributed by atoms with E-state index >= 15 is 0 Å². The van der Waals surface area contributed by atoms with E-state index in [-0.39, 0.29) is 12.7 Å². The lowest BCUT2D eigenvalue weighted by Crippen LogP contribution is -2.25. The highest BCUT2D eigenvalue weighted by Crippen LogP contribution is 2.32. The quantitative estimate of drug-likeness (QED) is 0.736. The molecule has 0 unspecified atom stereocenters. The monoisotopic (exact) mass is 347 g/mol. The van der Waals surface area contributed by atoms with Crippen LogP contribution >= 0.6 is 0 Å². The molecule has 4 rings (SSSR count). The van der Waals surface area contributed by atoms with Gasteiger partial charge in [-0.2, -0.15) is 0 Å². The Bertz CT molecular complexity index is 930. The van der Waals surface area contributed by atoms with E-state index in [4.69, 9.17) is 9.47 Å². The molecule has 0 aromatic heterocycles. The summed E-state index contributed by atoms with van der Waals surface area (Å²) >= 11 is 0. The number of amides is 1. The minimum absolute atomic E-state index is 0.0721. The topological polar surface area (TPSA) is 47.6 Å². The van der Waals surface area contributed by atoms with Gasteiger partial charge < -0.3 is 14.8 Å². The zero-order valence-electron chi connectivity index (χ0n) is 14.5. The van der Waals surface area contributed by atoms with Crippen LogP contribution in [0.1, 0.15) is 17.5 Å². The summed E-state index contributed by atoms with van der Waals surface area (Å²) in [4.78, 5) is 12.1. The molecule has 0 atom stereocenters. The van der Waals surface area contributed by atoms with Crippen LogP contribution in [0.2, 0.25) is 0 Å². The lowest BCUT2D eigenvalue weighted by atomic mass is 10.0. The number of rotatable bonds is 6. The molecule has 1 aliphatic heterocycles. The SMILES string of the molecule is O=C(CCc1ccc2c(c1)OCO2)NCCc1cccc2ccccc12. The molecule has 0 aliphatic carbocycles. The molecule has 0 fully saturated rings. The first-order chi connectivity index (χ1) is 12.8. The van der Waals surface area contributed by atoms with Crippen LogP contribution in [0.15, 0.2) is 60.7 Å². The summed E-state index contributed by atoms with van der Waals surface area (Å²) < 4.78 is 10.7. The summed E-state index contributed by atoms with van der Waals surface area (Å²) in [5.41, 5.74) is 2.35. The van der Waals surface area contributed by atoms with Crippen molar-refractivity contribution < 1.29 is 14.3 Å². The second-order valence-corrected chi connectivity index (χ2v) is 6.43. The highest BCUT2D eigenvalue weighted by Gasteiger charge is 2.13. The molecule has 0 saturated carbocycles.